The lowest BCUT2D eigenvalue weighted by Gasteiger charge is -2.09. The molecule has 4 N–H and O–H groups in total. The number of hydrogen-bond donors (Lipinski definition) is 4. The molecule has 0 amide bonds. The van der Waals surface area contributed by atoms with E-state index in [-0.39, 0.29) is 5.69 Å². The van der Waals surface area contributed by atoms with Crippen molar-refractivity contribution in [3.05, 3.63) is 34.2 Å². The van der Waals surface area contributed by atoms with Crippen molar-refractivity contribution in [2.75, 3.05) is 13.1 Å². The van der Waals surface area contributed by atoms with E-state index in [1.807, 2.05) is 18.2 Å². The second kappa shape index (κ2) is 5.84. The Morgan fingerprint density at radius 1 is 1.17 bits per heavy atom. The third kappa shape index (κ3) is 3.45. The summed E-state index contributed by atoms with van der Waals surface area (Å²) in [6.07, 6.45) is 0. The van der Waals surface area contributed by atoms with Gasteiger partial charge in [-0.1, -0.05) is 19.9 Å². The zero-order valence-electron chi connectivity index (χ0n) is 10.8. The van der Waals surface area contributed by atoms with Gasteiger partial charge in [-0.15, -0.1) is 0 Å². The number of fused-ring (bicyclic) bond motifs is 1. The SMILES string of the molecule is CC(C)NCCNCc1ccc2[nH]c(=O)[nH]c2c1. The molecule has 18 heavy (non-hydrogen) atoms. The van der Waals surface area contributed by atoms with E-state index in [0.29, 0.717) is 6.04 Å². The summed E-state index contributed by atoms with van der Waals surface area (Å²) in [5.74, 6) is 0. The average molecular weight is 248 g/mol. The molecule has 5 heteroatoms. The number of rotatable bonds is 6. The molecule has 0 fully saturated rings. The highest BCUT2D eigenvalue weighted by Crippen LogP contribution is 2.09. The van der Waals surface area contributed by atoms with Crippen molar-refractivity contribution < 1.29 is 0 Å². The van der Waals surface area contributed by atoms with E-state index in [9.17, 15) is 4.79 Å². The molecule has 0 aliphatic rings. The van der Waals surface area contributed by atoms with Crippen LogP contribution in [-0.4, -0.2) is 29.1 Å². The molecule has 5 nitrogen and oxygen atoms in total. The summed E-state index contributed by atoms with van der Waals surface area (Å²) in [5.41, 5.74) is 2.73. The van der Waals surface area contributed by atoms with Crippen LogP contribution in [-0.2, 0) is 6.54 Å². The van der Waals surface area contributed by atoms with E-state index in [2.05, 4.69) is 34.4 Å². The molecule has 0 aliphatic carbocycles. The van der Waals surface area contributed by atoms with E-state index in [0.717, 1.165) is 30.7 Å². The molecule has 0 atom stereocenters. The van der Waals surface area contributed by atoms with Crippen LogP contribution in [0.3, 0.4) is 0 Å². The van der Waals surface area contributed by atoms with E-state index in [4.69, 9.17) is 0 Å². The zero-order valence-corrected chi connectivity index (χ0v) is 10.8. The quantitative estimate of drug-likeness (QED) is 0.575. The van der Waals surface area contributed by atoms with Crippen molar-refractivity contribution in [1.29, 1.82) is 0 Å². The third-order valence-electron chi connectivity index (χ3n) is 2.76. The first-order valence-electron chi connectivity index (χ1n) is 6.30. The standard InChI is InChI=1S/C13H20N4O/c1-9(2)15-6-5-14-8-10-3-4-11-12(7-10)17-13(18)16-11/h3-4,7,9,14-15H,5-6,8H2,1-2H3,(H2,16,17,18). The van der Waals surface area contributed by atoms with Crippen LogP contribution in [0.25, 0.3) is 11.0 Å². The molecule has 1 heterocycles. The Labute approximate surface area is 106 Å². The Morgan fingerprint density at radius 3 is 2.72 bits per heavy atom. The molecule has 98 valence electrons. The number of H-pyrrole nitrogens is 2. The highest BCUT2D eigenvalue weighted by atomic mass is 16.1. The minimum absolute atomic E-state index is 0.156. The number of benzene rings is 1. The molecule has 0 bridgehead atoms. The van der Waals surface area contributed by atoms with Gasteiger partial charge >= 0.3 is 5.69 Å². The first-order chi connectivity index (χ1) is 8.65. The van der Waals surface area contributed by atoms with Gasteiger partial charge in [0.1, 0.15) is 0 Å². The highest BCUT2D eigenvalue weighted by molar-refractivity contribution is 5.74. The zero-order chi connectivity index (χ0) is 13.0. The van der Waals surface area contributed by atoms with Gasteiger partial charge in [-0.05, 0) is 17.7 Å². The minimum Gasteiger partial charge on any atom is -0.313 e. The van der Waals surface area contributed by atoms with E-state index < -0.39 is 0 Å². The van der Waals surface area contributed by atoms with Crippen LogP contribution < -0.4 is 16.3 Å². The van der Waals surface area contributed by atoms with Gasteiger partial charge in [0.15, 0.2) is 0 Å². The van der Waals surface area contributed by atoms with Gasteiger partial charge in [-0.25, -0.2) is 4.79 Å². The maximum Gasteiger partial charge on any atom is 0.323 e. The van der Waals surface area contributed by atoms with Crippen LogP contribution in [0.4, 0.5) is 0 Å². The summed E-state index contributed by atoms with van der Waals surface area (Å²) in [5, 5.41) is 6.71. The molecular formula is C13H20N4O. The Morgan fingerprint density at radius 2 is 1.94 bits per heavy atom. The van der Waals surface area contributed by atoms with Gasteiger partial charge in [-0.3, -0.25) is 0 Å². The molecule has 0 saturated heterocycles. The number of imidazole rings is 1. The van der Waals surface area contributed by atoms with Crippen LogP contribution >= 0.6 is 0 Å². The van der Waals surface area contributed by atoms with Crippen molar-refractivity contribution in [3.63, 3.8) is 0 Å². The Bertz CT molecular complexity index is 555. The summed E-state index contributed by atoms with van der Waals surface area (Å²) >= 11 is 0. The van der Waals surface area contributed by atoms with Gasteiger partial charge in [0.25, 0.3) is 0 Å². The lowest BCUT2D eigenvalue weighted by molar-refractivity contribution is 0.556. The third-order valence-corrected chi connectivity index (χ3v) is 2.76. The fourth-order valence-electron chi connectivity index (χ4n) is 1.87. The summed E-state index contributed by atoms with van der Waals surface area (Å²) in [6, 6.07) is 6.47. The van der Waals surface area contributed by atoms with Crippen LogP contribution in [0.1, 0.15) is 19.4 Å². The first kappa shape index (κ1) is 12.9. The monoisotopic (exact) mass is 248 g/mol. The summed E-state index contributed by atoms with van der Waals surface area (Å²) in [4.78, 5) is 16.6. The minimum atomic E-state index is -0.156. The van der Waals surface area contributed by atoms with Gasteiger partial charge in [0.2, 0.25) is 0 Å². The van der Waals surface area contributed by atoms with E-state index in [1.165, 1.54) is 5.56 Å². The summed E-state index contributed by atoms with van der Waals surface area (Å²) in [7, 11) is 0. The predicted molar refractivity (Wildman–Crippen MR) is 73.8 cm³/mol. The second-order valence-corrected chi connectivity index (χ2v) is 4.74. The topological polar surface area (TPSA) is 72.7 Å². The highest BCUT2D eigenvalue weighted by Gasteiger charge is 1.99. The number of hydrogen-bond acceptors (Lipinski definition) is 3. The molecule has 0 aliphatic heterocycles. The first-order valence-corrected chi connectivity index (χ1v) is 6.30. The molecule has 0 radical (unpaired) electrons. The van der Waals surface area contributed by atoms with Gasteiger partial charge in [0, 0.05) is 25.7 Å². The normalized spacial score (nSPS) is 11.5. The van der Waals surface area contributed by atoms with Crippen molar-refractivity contribution in [2.24, 2.45) is 0 Å². The van der Waals surface area contributed by atoms with Crippen molar-refractivity contribution in [2.45, 2.75) is 26.4 Å². The van der Waals surface area contributed by atoms with Gasteiger partial charge in [-0.2, -0.15) is 0 Å². The van der Waals surface area contributed by atoms with Crippen LogP contribution in [0.5, 0.6) is 0 Å². The molecular weight excluding hydrogens is 228 g/mol. The fourth-order valence-corrected chi connectivity index (χ4v) is 1.87. The summed E-state index contributed by atoms with van der Waals surface area (Å²) in [6.45, 7) is 6.97. The summed E-state index contributed by atoms with van der Waals surface area (Å²) < 4.78 is 0. The molecule has 1 aromatic heterocycles. The second-order valence-electron chi connectivity index (χ2n) is 4.74. The number of aromatic amines is 2. The largest absolute Gasteiger partial charge is 0.323 e. The Balaban J connectivity index is 1.86. The van der Waals surface area contributed by atoms with Crippen molar-refractivity contribution in [3.8, 4) is 0 Å². The lowest BCUT2D eigenvalue weighted by atomic mass is 10.2. The number of nitrogens with one attached hydrogen (secondary N) is 4. The molecule has 0 unspecified atom stereocenters. The molecule has 0 saturated carbocycles. The van der Waals surface area contributed by atoms with Gasteiger partial charge in [0.05, 0.1) is 11.0 Å². The average Bonchev–Trinajstić information content (AvgIpc) is 2.67. The van der Waals surface area contributed by atoms with Gasteiger partial charge < -0.3 is 20.6 Å². The molecule has 2 aromatic rings. The van der Waals surface area contributed by atoms with E-state index in [1.54, 1.807) is 0 Å². The van der Waals surface area contributed by atoms with E-state index >= 15 is 0 Å². The van der Waals surface area contributed by atoms with Crippen LogP contribution in [0.2, 0.25) is 0 Å². The Kier molecular flexibility index (Phi) is 4.17. The molecule has 1 aromatic carbocycles. The number of aromatic nitrogens is 2. The maximum absolute atomic E-state index is 11.1. The Hall–Kier alpha value is -1.59. The molecule has 0 spiro atoms. The lowest BCUT2D eigenvalue weighted by Crippen LogP contribution is -2.31. The van der Waals surface area contributed by atoms with Crippen LogP contribution in [0, 0.1) is 0 Å². The maximum atomic E-state index is 11.1. The van der Waals surface area contributed by atoms with Crippen LogP contribution in [0.15, 0.2) is 23.0 Å². The van der Waals surface area contributed by atoms with Crippen molar-refractivity contribution in [1.82, 2.24) is 20.6 Å². The smallest absolute Gasteiger partial charge is 0.313 e. The fraction of sp³-hybridized carbons (Fsp3) is 0.462. The predicted octanol–water partition coefficient (Wildman–Crippen LogP) is 0.944. The van der Waals surface area contributed by atoms with Crippen molar-refractivity contribution >= 4 is 11.0 Å². The molecule has 2 rings (SSSR count).